The number of nitrogens with one attached hydrogen (secondary N) is 3. The number of nitrogens with zero attached hydrogens (tertiary/aromatic N) is 2. The van der Waals surface area contributed by atoms with E-state index in [0.717, 1.165) is 23.9 Å². The summed E-state index contributed by atoms with van der Waals surface area (Å²) in [6.07, 6.45) is -0.567. The minimum absolute atomic E-state index is 0.210. The van der Waals surface area contributed by atoms with Gasteiger partial charge in [-0.2, -0.15) is 11.8 Å². The van der Waals surface area contributed by atoms with Crippen LogP contribution in [0.25, 0.3) is 0 Å². The van der Waals surface area contributed by atoms with Crippen molar-refractivity contribution in [1.29, 1.82) is 0 Å². The van der Waals surface area contributed by atoms with Gasteiger partial charge in [-0.05, 0) is 0 Å². The molecule has 0 saturated carbocycles. The summed E-state index contributed by atoms with van der Waals surface area (Å²) in [5.41, 5.74) is 2.87. The lowest BCUT2D eigenvalue weighted by Gasteiger charge is -2.19. The molecule has 0 fully saturated rings. The number of carboxylic acids is 2. The molecular formula is C17H21N6O11S-. The third kappa shape index (κ3) is 9.39. The van der Waals surface area contributed by atoms with Crippen molar-refractivity contribution in [3.63, 3.8) is 0 Å². The van der Waals surface area contributed by atoms with Gasteiger partial charge >= 0.3 is 0 Å². The topological polar surface area (TPSA) is 285 Å². The molecule has 0 aliphatic rings. The molecule has 0 spiro atoms. The molecule has 1 rings (SSSR count). The third-order valence-electron chi connectivity index (χ3n) is 4.37. The van der Waals surface area contributed by atoms with Gasteiger partial charge in [-0.1, -0.05) is 0 Å². The Kier molecular flexibility index (Phi) is 11.3. The monoisotopic (exact) mass is 517 g/mol. The highest BCUT2D eigenvalue weighted by atomic mass is 32.2. The number of carboxylic acid groups (broad SMARTS) is 2. The molecule has 0 aliphatic carbocycles. The van der Waals surface area contributed by atoms with Gasteiger partial charge in [0.25, 0.3) is 11.4 Å². The van der Waals surface area contributed by atoms with E-state index in [4.69, 9.17) is 5.21 Å². The molecule has 2 atom stereocenters. The molecule has 0 saturated heterocycles. The summed E-state index contributed by atoms with van der Waals surface area (Å²) in [6.45, 7) is -0.881. The summed E-state index contributed by atoms with van der Waals surface area (Å²) in [6, 6.07) is -0.852. The quantitative estimate of drug-likeness (QED) is 0.110. The van der Waals surface area contributed by atoms with Gasteiger partial charge in [0.15, 0.2) is 0 Å². The largest absolute Gasteiger partial charge is 0.548 e. The maximum absolute atomic E-state index is 12.3. The summed E-state index contributed by atoms with van der Waals surface area (Å²) in [7, 11) is 0. The summed E-state index contributed by atoms with van der Waals surface area (Å²) in [5.74, 6) is -5.50. The molecule has 1 aromatic carbocycles. The number of anilines is 1. The van der Waals surface area contributed by atoms with Crippen molar-refractivity contribution in [3.8, 4) is 0 Å². The van der Waals surface area contributed by atoms with Gasteiger partial charge in [-0.25, -0.2) is 0 Å². The average Bonchev–Trinajstić information content (AvgIpc) is 2.79. The SMILES string of the molecule is [NH3+][C@@H](CCC(=O)N[C@@H](CSCc1c([N+](=O)[O-])cc(NO)cc1[N+](=O)[O-])C(=O)NCC(=O)[O-])C(=O)[O-]. The third-order valence-corrected chi connectivity index (χ3v) is 5.43. The summed E-state index contributed by atoms with van der Waals surface area (Å²) < 4.78 is 0. The Morgan fingerprint density at radius 1 is 1.09 bits per heavy atom. The first-order chi connectivity index (χ1) is 16.4. The molecule has 0 aliphatic heterocycles. The fraction of sp³-hybridized carbons (Fsp3) is 0.412. The van der Waals surface area contributed by atoms with E-state index in [0.29, 0.717) is 0 Å². The van der Waals surface area contributed by atoms with Crippen molar-refractivity contribution >= 4 is 52.6 Å². The Balaban J connectivity index is 3.03. The first-order valence-corrected chi connectivity index (χ1v) is 10.8. The number of hydrogen-bond acceptors (Lipinski definition) is 13. The van der Waals surface area contributed by atoms with Gasteiger partial charge in [-0.3, -0.25) is 40.5 Å². The lowest BCUT2D eigenvalue weighted by atomic mass is 10.1. The number of amides is 2. The number of aliphatic carboxylic acids is 2. The van der Waals surface area contributed by atoms with Gasteiger partial charge in [-0.15, -0.1) is 0 Å². The van der Waals surface area contributed by atoms with Crippen LogP contribution in [0, 0.1) is 20.2 Å². The van der Waals surface area contributed by atoms with Crippen molar-refractivity contribution in [3.05, 3.63) is 37.9 Å². The number of carbonyl (C=O) groups is 4. The van der Waals surface area contributed by atoms with Gasteiger partial charge in [0.1, 0.15) is 17.6 Å². The number of benzene rings is 1. The van der Waals surface area contributed by atoms with Crippen molar-refractivity contribution in [2.75, 3.05) is 17.8 Å². The van der Waals surface area contributed by atoms with E-state index in [9.17, 15) is 49.6 Å². The number of rotatable bonds is 15. The number of quaternary nitrogens is 1. The zero-order valence-electron chi connectivity index (χ0n) is 17.9. The molecule has 0 heterocycles. The van der Waals surface area contributed by atoms with E-state index in [1.165, 1.54) is 0 Å². The van der Waals surface area contributed by atoms with Crippen molar-refractivity contribution in [2.24, 2.45) is 0 Å². The minimum atomic E-state index is -1.62. The highest BCUT2D eigenvalue weighted by molar-refractivity contribution is 7.98. The molecular weight excluding hydrogens is 496 g/mol. The molecule has 0 radical (unpaired) electrons. The number of nitro groups is 2. The highest BCUT2D eigenvalue weighted by Crippen LogP contribution is 2.35. The molecule has 35 heavy (non-hydrogen) atoms. The first kappa shape index (κ1) is 29.0. The van der Waals surface area contributed by atoms with Crippen LogP contribution in [0.5, 0.6) is 0 Å². The molecule has 192 valence electrons. The van der Waals surface area contributed by atoms with E-state index in [-0.39, 0.29) is 35.6 Å². The second kappa shape index (κ2) is 13.6. The fourth-order valence-electron chi connectivity index (χ4n) is 2.61. The zero-order valence-corrected chi connectivity index (χ0v) is 18.7. The Hall–Kier alpha value is -4.03. The van der Waals surface area contributed by atoms with Crippen LogP contribution < -0.4 is 32.1 Å². The van der Waals surface area contributed by atoms with E-state index >= 15 is 0 Å². The van der Waals surface area contributed by atoms with Crippen LogP contribution in [0.3, 0.4) is 0 Å². The maximum atomic E-state index is 12.3. The van der Waals surface area contributed by atoms with E-state index in [2.05, 4.69) is 11.1 Å². The lowest BCUT2D eigenvalue weighted by molar-refractivity contribution is -0.438. The standard InChI is InChI=1S/C17H22N6O11S/c18-10(17(28)29)1-2-14(24)20-11(16(27)19-5-15(25)26)7-35-6-9-12(22(31)32)3-8(21-30)4-13(9)23(33)34/h3-4,10-11,21,30H,1-2,5-7,18H2,(H,19,27)(H,20,24)(H,25,26)(H,28,29)/p-1/t10-,11-/m0/s1. The maximum Gasteiger partial charge on any atom is 0.282 e. The molecule has 7 N–H and O–H groups in total. The first-order valence-electron chi connectivity index (χ1n) is 9.61. The molecule has 0 aromatic heterocycles. The number of nitro benzene ring substituents is 2. The molecule has 18 heteroatoms. The van der Waals surface area contributed by atoms with Crippen molar-refractivity contribution < 1.29 is 50.2 Å². The Morgan fingerprint density at radius 3 is 2.11 bits per heavy atom. The van der Waals surface area contributed by atoms with Gasteiger partial charge < -0.3 is 36.2 Å². The Labute approximate surface area is 200 Å². The van der Waals surface area contributed by atoms with Gasteiger partial charge in [0, 0.05) is 36.5 Å². The predicted octanol–water partition coefficient (Wildman–Crippen LogP) is -3.97. The second-order valence-corrected chi connectivity index (χ2v) is 7.93. The van der Waals surface area contributed by atoms with Crippen LogP contribution in [-0.4, -0.2) is 63.2 Å². The number of carbonyl (C=O) groups excluding carboxylic acids is 4. The van der Waals surface area contributed by atoms with Crippen molar-refractivity contribution in [2.45, 2.75) is 30.7 Å². The van der Waals surface area contributed by atoms with E-state index in [1.807, 2.05) is 5.32 Å². The Morgan fingerprint density at radius 2 is 1.66 bits per heavy atom. The smallest absolute Gasteiger partial charge is 0.282 e. The van der Waals surface area contributed by atoms with Gasteiger partial charge in [0.2, 0.25) is 11.8 Å². The molecule has 2 amide bonds. The average molecular weight is 517 g/mol. The fourth-order valence-corrected chi connectivity index (χ4v) is 3.70. The van der Waals surface area contributed by atoms with Crippen molar-refractivity contribution in [1.82, 2.24) is 10.6 Å². The summed E-state index contributed by atoms with van der Waals surface area (Å²) in [5, 5.41) is 57.3. The van der Waals surface area contributed by atoms with Crippen LogP contribution >= 0.6 is 11.8 Å². The van der Waals surface area contributed by atoms with E-state index in [1.54, 1.807) is 5.48 Å². The number of thioether (sulfide) groups is 1. The predicted molar refractivity (Wildman–Crippen MR) is 112 cm³/mol. The van der Waals surface area contributed by atoms with Crippen LogP contribution in [0.1, 0.15) is 18.4 Å². The minimum Gasteiger partial charge on any atom is -0.548 e. The second-order valence-electron chi connectivity index (χ2n) is 6.90. The van der Waals surface area contributed by atoms with E-state index < -0.39 is 63.6 Å². The lowest BCUT2D eigenvalue weighted by Crippen LogP contribution is -2.68. The summed E-state index contributed by atoms with van der Waals surface area (Å²) >= 11 is 0.778. The molecule has 17 nitrogen and oxygen atoms in total. The van der Waals surface area contributed by atoms with Gasteiger partial charge in [0.05, 0.1) is 34.0 Å². The van der Waals surface area contributed by atoms with Crippen LogP contribution in [0.4, 0.5) is 17.1 Å². The van der Waals surface area contributed by atoms with Crippen LogP contribution in [0.2, 0.25) is 0 Å². The number of hydrogen-bond donors (Lipinski definition) is 5. The molecule has 1 aromatic rings. The zero-order chi connectivity index (χ0) is 26.7. The molecule has 0 unspecified atom stereocenters. The highest BCUT2D eigenvalue weighted by Gasteiger charge is 2.28. The summed E-state index contributed by atoms with van der Waals surface area (Å²) in [4.78, 5) is 66.7. The van der Waals surface area contributed by atoms with Crippen LogP contribution in [0.15, 0.2) is 12.1 Å². The normalized spacial score (nSPS) is 12.2. The molecule has 0 bridgehead atoms. The Bertz CT molecular complexity index is 970. The van der Waals surface area contributed by atoms with Crippen LogP contribution in [-0.2, 0) is 24.9 Å².